The Labute approximate surface area is 212 Å². The fraction of sp³-hybridized carbons (Fsp3) is 0.269. The summed E-state index contributed by atoms with van der Waals surface area (Å²) in [5, 5.41) is 18.3. The molecule has 1 aromatic heterocycles. The fourth-order valence-electron chi connectivity index (χ4n) is 4.63. The van der Waals surface area contributed by atoms with Crippen molar-refractivity contribution in [2.75, 3.05) is 12.3 Å². The van der Waals surface area contributed by atoms with E-state index in [1.807, 2.05) is 41.2 Å². The van der Waals surface area contributed by atoms with Gasteiger partial charge in [-0.15, -0.1) is 11.8 Å². The van der Waals surface area contributed by atoms with Crippen molar-refractivity contribution in [3.63, 3.8) is 0 Å². The van der Waals surface area contributed by atoms with Crippen molar-refractivity contribution in [2.45, 2.75) is 30.9 Å². The number of rotatable bonds is 6. The third-order valence-corrected chi connectivity index (χ3v) is 7.91. The van der Waals surface area contributed by atoms with Crippen molar-refractivity contribution in [1.82, 2.24) is 9.80 Å². The normalized spacial score (nSPS) is 22.5. The molecule has 3 aliphatic rings. The van der Waals surface area contributed by atoms with E-state index in [4.69, 9.17) is 11.0 Å². The van der Waals surface area contributed by atoms with Crippen LogP contribution in [-0.4, -0.2) is 56.4 Å². The zero-order chi connectivity index (χ0) is 25.4. The number of carboxylic acid groups (broad SMARTS) is 1. The van der Waals surface area contributed by atoms with Crippen LogP contribution in [0.25, 0.3) is 0 Å². The molecule has 0 spiro atoms. The van der Waals surface area contributed by atoms with Crippen LogP contribution in [0, 0.1) is 11.3 Å². The van der Waals surface area contributed by atoms with Crippen LogP contribution in [-0.2, 0) is 27.5 Å². The number of allylic oxidation sites excluding steroid dienone is 1. The highest BCUT2D eigenvalue weighted by molar-refractivity contribution is 8.00. The fourth-order valence-corrected chi connectivity index (χ4v) is 5.88. The molecule has 2 amide bonds. The van der Waals surface area contributed by atoms with Crippen molar-refractivity contribution in [1.29, 1.82) is 5.26 Å². The lowest BCUT2D eigenvalue weighted by atomic mass is 10.0. The van der Waals surface area contributed by atoms with Gasteiger partial charge in [0.15, 0.2) is 18.9 Å². The molecule has 5 rings (SSSR count). The number of carbonyl (C=O) groups is 3. The van der Waals surface area contributed by atoms with Crippen molar-refractivity contribution in [2.24, 2.45) is 5.73 Å². The predicted molar refractivity (Wildman–Crippen MR) is 131 cm³/mol. The molecule has 3 N–H and O–H groups in total. The zero-order valence-corrected chi connectivity index (χ0v) is 20.1. The van der Waals surface area contributed by atoms with Gasteiger partial charge in [-0.05, 0) is 35.8 Å². The second kappa shape index (κ2) is 9.60. The Balaban J connectivity index is 1.26. The lowest BCUT2D eigenvalue weighted by Crippen LogP contribution is -2.68. The van der Waals surface area contributed by atoms with Crippen LogP contribution in [0.2, 0.25) is 0 Å². The molecule has 1 aromatic carbocycles. The largest absolute Gasteiger partial charge is 0.477 e. The SMILES string of the molecule is N#Cc1ccc(C[n+]2ccc(CN3CCC(=CC4=C(C(=O)O)N5C(=O)[C@@H](N)[C@H]5SC4)C3=O)cc2)cc1. The van der Waals surface area contributed by atoms with E-state index in [0.29, 0.717) is 48.5 Å². The maximum Gasteiger partial charge on any atom is 0.352 e. The van der Waals surface area contributed by atoms with E-state index >= 15 is 0 Å². The number of hydrogen-bond acceptors (Lipinski definition) is 6. The zero-order valence-electron chi connectivity index (χ0n) is 19.3. The minimum atomic E-state index is -1.19. The molecule has 0 radical (unpaired) electrons. The first-order valence-electron chi connectivity index (χ1n) is 11.5. The van der Waals surface area contributed by atoms with Crippen molar-refractivity contribution < 1.29 is 24.1 Å². The monoisotopic (exact) mass is 502 g/mol. The van der Waals surface area contributed by atoms with E-state index in [-0.39, 0.29) is 17.0 Å². The number of β-lactam (4-membered cyclic amide) rings is 1. The number of nitriles is 1. The molecule has 0 unspecified atom stereocenters. The maximum atomic E-state index is 13.0. The number of carbonyl (C=O) groups excluding carboxylic acids is 2. The first-order chi connectivity index (χ1) is 17.4. The van der Waals surface area contributed by atoms with E-state index < -0.39 is 17.9 Å². The molecule has 10 heteroatoms. The van der Waals surface area contributed by atoms with Crippen molar-refractivity contribution >= 4 is 29.5 Å². The molecular weight excluding hydrogens is 478 g/mol. The second-order valence-electron chi connectivity index (χ2n) is 8.95. The number of hydrogen-bond donors (Lipinski definition) is 2. The van der Waals surface area contributed by atoms with Crippen LogP contribution in [0.1, 0.15) is 23.1 Å². The first kappa shape index (κ1) is 23.8. The third-order valence-electron chi connectivity index (χ3n) is 6.58. The van der Waals surface area contributed by atoms with Crippen LogP contribution in [0.4, 0.5) is 0 Å². The molecule has 0 aliphatic carbocycles. The molecule has 0 saturated carbocycles. The number of aromatic nitrogens is 1. The highest BCUT2D eigenvalue weighted by atomic mass is 32.2. The van der Waals surface area contributed by atoms with Crippen molar-refractivity contribution in [3.05, 3.63) is 88.4 Å². The molecule has 9 nitrogen and oxygen atoms in total. The van der Waals surface area contributed by atoms with Crippen LogP contribution in [0.3, 0.4) is 0 Å². The van der Waals surface area contributed by atoms with E-state index in [9.17, 15) is 19.5 Å². The summed E-state index contributed by atoms with van der Waals surface area (Å²) in [6, 6.07) is 12.8. The predicted octanol–water partition coefficient (Wildman–Crippen LogP) is 1.13. The van der Waals surface area contributed by atoms with E-state index in [1.54, 1.807) is 23.1 Å². The molecule has 3 aliphatic heterocycles. The summed E-state index contributed by atoms with van der Waals surface area (Å²) >= 11 is 1.42. The van der Waals surface area contributed by atoms with Crippen LogP contribution < -0.4 is 10.3 Å². The average Bonchev–Trinajstić information content (AvgIpc) is 3.23. The Morgan fingerprint density at radius 2 is 1.92 bits per heavy atom. The molecule has 2 aromatic rings. The number of fused-ring (bicyclic) bond motifs is 1. The van der Waals surface area contributed by atoms with Gasteiger partial charge in [0.05, 0.1) is 11.6 Å². The van der Waals surface area contributed by atoms with Crippen LogP contribution >= 0.6 is 11.8 Å². The van der Waals surface area contributed by atoms with Crippen LogP contribution in [0.5, 0.6) is 0 Å². The Bertz CT molecular complexity index is 1340. The Hall–Kier alpha value is -3.94. The number of likely N-dealkylation sites (tertiary alicyclic amines) is 1. The molecular formula is C26H24N5O4S+. The average molecular weight is 503 g/mol. The number of benzene rings is 1. The highest BCUT2D eigenvalue weighted by Gasteiger charge is 2.51. The summed E-state index contributed by atoms with van der Waals surface area (Å²) in [4.78, 5) is 40.1. The number of aliphatic carboxylic acids is 1. The molecule has 2 saturated heterocycles. The molecule has 182 valence electrons. The number of nitrogens with two attached hydrogens (primary N) is 1. The minimum Gasteiger partial charge on any atom is -0.477 e. The van der Waals surface area contributed by atoms with Gasteiger partial charge in [0, 0.05) is 42.1 Å². The summed E-state index contributed by atoms with van der Waals surface area (Å²) in [6.45, 7) is 1.67. The molecule has 4 heterocycles. The van der Waals surface area contributed by atoms with Gasteiger partial charge in [0.2, 0.25) is 11.8 Å². The summed E-state index contributed by atoms with van der Waals surface area (Å²) in [6.07, 6.45) is 6.07. The maximum absolute atomic E-state index is 13.0. The molecule has 2 fully saturated rings. The van der Waals surface area contributed by atoms with Gasteiger partial charge in [-0.25, -0.2) is 9.36 Å². The van der Waals surface area contributed by atoms with E-state index in [1.165, 1.54) is 16.7 Å². The summed E-state index contributed by atoms with van der Waals surface area (Å²) in [5.41, 5.74) is 9.45. The quantitative estimate of drug-likeness (QED) is 0.344. The summed E-state index contributed by atoms with van der Waals surface area (Å²) in [7, 11) is 0. The standard InChI is InChI=1S/C26H23N5O4S/c27-12-16-1-3-17(4-2-16)13-29-8-5-18(6-9-29)14-30-10-7-19(23(30)32)11-20-15-36-25-21(28)24(33)31(25)22(20)26(34)35/h1-6,8-9,11,21,25H,7,10,13-15,28H2/p+1/t21-,25-/m1/s1. The van der Waals surface area contributed by atoms with Gasteiger partial charge in [-0.2, -0.15) is 5.26 Å². The number of thioether (sulfide) groups is 1. The van der Waals surface area contributed by atoms with Gasteiger partial charge in [-0.1, -0.05) is 12.1 Å². The number of nitrogens with zero attached hydrogens (tertiary/aromatic N) is 4. The van der Waals surface area contributed by atoms with E-state index in [0.717, 1.165) is 11.1 Å². The van der Waals surface area contributed by atoms with Crippen LogP contribution in [0.15, 0.2) is 71.7 Å². The topological polar surface area (TPSA) is 132 Å². The van der Waals surface area contributed by atoms with E-state index in [2.05, 4.69) is 6.07 Å². The van der Waals surface area contributed by atoms with Gasteiger partial charge in [0.25, 0.3) is 0 Å². The molecule has 36 heavy (non-hydrogen) atoms. The highest BCUT2D eigenvalue weighted by Crippen LogP contribution is 2.40. The first-order valence-corrected chi connectivity index (χ1v) is 12.5. The van der Waals surface area contributed by atoms with Gasteiger partial charge in [0.1, 0.15) is 17.1 Å². The Morgan fingerprint density at radius 1 is 1.19 bits per heavy atom. The second-order valence-corrected chi connectivity index (χ2v) is 10.1. The summed E-state index contributed by atoms with van der Waals surface area (Å²) < 4.78 is 2.03. The lowest BCUT2D eigenvalue weighted by Gasteiger charge is -2.47. The Kier molecular flexibility index (Phi) is 6.35. The molecule has 2 atom stereocenters. The minimum absolute atomic E-state index is 0.0703. The summed E-state index contributed by atoms with van der Waals surface area (Å²) in [5.74, 6) is -1.33. The smallest absolute Gasteiger partial charge is 0.352 e. The van der Waals surface area contributed by atoms with Crippen molar-refractivity contribution in [3.8, 4) is 6.07 Å². The van der Waals surface area contributed by atoms with Gasteiger partial charge < -0.3 is 15.7 Å². The third kappa shape index (κ3) is 4.39. The van der Waals surface area contributed by atoms with Gasteiger partial charge in [-0.3, -0.25) is 14.5 Å². The number of amides is 2. The van der Waals surface area contributed by atoms with Gasteiger partial charge >= 0.3 is 5.97 Å². The lowest BCUT2D eigenvalue weighted by molar-refractivity contribution is -0.688. The number of carboxylic acids is 1. The molecule has 0 bridgehead atoms. The Morgan fingerprint density at radius 3 is 2.58 bits per heavy atom. The number of pyridine rings is 1.